The number of nitrogens with one attached hydrogen (secondary N) is 1. The van der Waals surface area contributed by atoms with E-state index in [9.17, 15) is 18.3 Å². The molecule has 0 spiro atoms. The van der Waals surface area contributed by atoms with E-state index >= 15 is 0 Å². The molecule has 0 aromatic heterocycles. The summed E-state index contributed by atoms with van der Waals surface area (Å²) in [4.78, 5) is 11.3. The van der Waals surface area contributed by atoms with Gasteiger partial charge in [-0.3, -0.25) is 4.79 Å². The van der Waals surface area contributed by atoms with Crippen molar-refractivity contribution in [3.8, 4) is 6.07 Å². The number of aliphatic carboxylic acids is 1. The molecule has 0 aliphatic rings. The first-order chi connectivity index (χ1) is 9.81. The van der Waals surface area contributed by atoms with Crippen LogP contribution in [0.5, 0.6) is 0 Å². The van der Waals surface area contributed by atoms with Crippen LogP contribution in [0.1, 0.15) is 32.3 Å². The lowest BCUT2D eigenvalue weighted by molar-refractivity contribution is -0.149. The Labute approximate surface area is 124 Å². The summed E-state index contributed by atoms with van der Waals surface area (Å²) >= 11 is 0. The topological polar surface area (TPSA) is 107 Å². The Kier molecular flexibility index (Phi) is 5.47. The molecule has 1 aromatic rings. The molecule has 2 N–H and O–H groups in total. The highest BCUT2D eigenvalue weighted by Gasteiger charge is 2.36. The summed E-state index contributed by atoms with van der Waals surface area (Å²) in [5, 5.41) is 18.1. The summed E-state index contributed by atoms with van der Waals surface area (Å²) in [5.41, 5.74) is -0.895. The average molecular weight is 310 g/mol. The highest BCUT2D eigenvalue weighted by molar-refractivity contribution is 7.89. The third-order valence-electron chi connectivity index (χ3n) is 3.68. The Balaban J connectivity index is 3.00. The number of benzene rings is 1. The second-order valence-corrected chi connectivity index (χ2v) is 6.52. The van der Waals surface area contributed by atoms with Crippen molar-refractivity contribution in [2.45, 2.75) is 31.6 Å². The van der Waals surface area contributed by atoms with E-state index in [2.05, 4.69) is 4.72 Å². The number of hydrogen-bond donors (Lipinski definition) is 2. The zero-order valence-electron chi connectivity index (χ0n) is 12.0. The summed E-state index contributed by atoms with van der Waals surface area (Å²) < 4.78 is 26.7. The van der Waals surface area contributed by atoms with E-state index in [1.807, 2.05) is 6.07 Å². The molecule has 0 atom stereocenters. The Morgan fingerprint density at radius 3 is 2.48 bits per heavy atom. The minimum atomic E-state index is -3.84. The number of carbonyl (C=O) groups is 1. The SMILES string of the molecule is CCC(CC)(CNS(=O)(=O)c1cccc(C#N)c1)C(=O)O. The van der Waals surface area contributed by atoms with E-state index in [-0.39, 0.29) is 17.0 Å². The highest BCUT2D eigenvalue weighted by atomic mass is 32.2. The maximum atomic E-state index is 12.2. The van der Waals surface area contributed by atoms with Crippen LogP contribution < -0.4 is 4.72 Å². The van der Waals surface area contributed by atoms with E-state index < -0.39 is 21.4 Å². The summed E-state index contributed by atoms with van der Waals surface area (Å²) in [6.45, 7) is 3.24. The Morgan fingerprint density at radius 1 is 1.38 bits per heavy atom. The molecule has 0 unspecified atom stereocenters. The minimum Gasteiger partial charge on any atom is -0.481 e. The number of hydrogen-bond acceptors (Lipinski definition) is 4. The number of rotatable bonds is 7. The summed E-state index contributed by atoms with van der Waals surface area (Å²) in [5.74, 6) is -1.03. The van der Waals surface area contributed by atoms with E-state index in [4.69, 9.17) is 5.26 Å². The molecule has 1 rings (SSSR count). The van der Waals surface area contributed by atoms with Crippen LogP contribution in [0.4, 0.5) is 0 Å². The standard InChI is InChI=1S/C14H18N2O4S/c1-3-14(4-2,13(17)18)10-16-21(19,20)12-7-5-6-11(8-12)9-15/h5-8,16H,3-4,10H2,1-2H3,(H,17,18). The van der Waals surface area contributed by atoms with Crippen LogP contribution in [0.2, 0.25) is 0 Å². The maximum absolute atomic E-state index is 12.2. The van der Waals surface area contributed by atoms with Gasteiger partial charge in [-0.1, -0.05) is 19.9 Å². The lowest BCUT2D eigenvalue weighted by atomic mass is 9.83. The normalized spacial score (nSPS) is 11.9. The quantitative estimate of drug-likeness (QED) is 0.797. The van der Waals surface area contributed by atoms with Crippen molar-refractivity contribution in [2.75, 3.05) is 6.54 Å². The first-order valence-electron chi connectivity index (χ1n) is 6.54. The first kappa shape index (κ1) is 17.1. The largest absolute Gasteiger partial charge is 0.481 e. The lowest BCUT2D eigenvalue weighted by Gasteiger charge is -2.26. The molecule has 0 radical (unpaired) electrons. The van der Waals surface area contributed by atoms with Gasteiger partial charge in [0, 0.05) is 6.54 Å². The molecule has 0 saturated carbocycles. The number of sulfonamides is 1. The smallest absolute Gasteiger partial charge is 0.310 e. The predicted molar refractivity (Wildman–Crippen MR) is 77.0 cm³/mol. The monoisotopic (exact) mass is 310 g/mol. The molecule has 1 aromatic carbocycles. The van der Waals surface area contributed by atoms with Gasteiger partial charge in [-0.2, -0.15) is 5.26 Å². The van der Waals surface area contributed by atoms with Gasteiger partial charge in [0.25, 0.3) is 0 Å². The van der Waals surface area contributed by atoms with E-state index in [1.165, 1.54) is 24.3 Å². The zero-order chi connectivity index (χ0) is 16.1. The zero-order valence-corrected chi connectivity index (χ0v) is 12.8. The van der Waals surface area contributed by atoms with Gasteiger partial charge < -0.3 is 5.11 Å². The third kappa shape index (κ3) is 3.80. The molecule has 0 aliphatic carbocycles. The first-order valence-corrected chi connectivity index (χ1v) is 8.03. The van der Waals surface area contributed by atoms with Gasteiger partial charge in [-0.05, 0) is 31.0 Å². The van der Waals surface area contributed by atoms with Gasteiger partial charge >= 0.3 is 5.97 Å². The molecule has 0 fully saturated rings. The number of carboxylic acid groups (broad SMARTS) is 1. The van der Waals surface area contributed by atoms with Crippen molar-refractivity contribution < 1.29 is 18.3 Å². The fourth-order valence-electron chi connectivity index (χ4n) is 1.93. The number of nitriles is 1. The van der Waals surface area contributed by atoms with Gasteiger partial charge in [-0.25, -0.2) is 13.1 Å². The van der Waals surface area contributed by atoms with Crippen LogP contribution in [0.3, 0.4) is 0 Å². The van der Waals surface area contributed by atoms with Crippen molar-refractivity contribution in [1.82, 2.24) is 4.72 Å². The number of nitrogens with zero attached hydrogens (tertiary/aromatic N) is 1. The summed E-state index contributed by atoms with van der Waals surface area (Å²) in [6, 6.07) is 7.45. The molecule has 7 heteroatoms. The lowest BCUT2D eigenvalue weighted by Crippen LogP contribution is -2.42. The van der Waals surface area contributed by atoms with Gasteiger partial charge in [0.2, 0.25) is 10.0 Å². The van der Waals surface area contributed by atoms with Gasteiger partial charge in [-0.15, -0.1) is 0 Å². The van der Waals surface area contributed by atoms with Gasteiger partial charge in [0.15, 0.2) is 0 Å². The molecule has 6 nitrogen and oxygen atoms in total. The highest BCUT2D eigenvalue weighted by Crippen LogP contribution is 2.26. The van der Waals surface area contributed by atoms with Crippen LogP contribution in [0.15, 0.2) is 29.2 Å². The molecular weight excluding hydrogens is 292 g/mol. The van der Waals surface area contributed by atoms with Crippen molar-refractivity contribution in [3.05, 3.63) is 29.8 Å². The van der Waals surface area contributed by atoms with E-state index in [0.29, 0.717) is 12.8 Å². The van der Waals surface area contributed by atoms with Crippen molar-refractivity contribution in [2.24, 2.45) is 5.41 Å². The number of carboxylic acids is 1. The van der Waals surface area contributed by atoms with Crippen molar-refractivity contribution >= 4 is 16.0 Å². The van der Waals surface area contributed by atoms with Crippen LogP contribution >= 0.6 is 0 Å². The average Bonchev–Trinajstić information content (AvgIpc) is 2.48. The Hall–Kier alpha value is -1.91. The molecular formula is C14H18N2O4S. The van der Waals surface area contributed by atoms with Crippen LogP contribution in [0.25, 0.3) is 0 Å². The second-order valence-electron chi connectivity index (χ2n) is 4.76. The Bertz CT molecular complexity index is 658. The third-order valence-corrected chi connectivity index (χ3v) is 5.08. The summed E-state index contributed by atoms with van der Waals surface area (Å²) in [6.07, 6.45) is 0.638. The van der Waals surface area contributed by atoms with Crippen LogP contribution in [-0.2, 0) is 14.8 Å². The molecule has 0 amide bonds. The molecule has 0 aliphatic heterocycles. The molecule has 0 heterocycles. The van der Waals surface area contributed by atoms with Gasteiger partial charge in [0.05, 0.1) is 21.9 Å². The van der Waals surface area contributed by atoms with Crippen LogP contribution in [0, 0.1) is 16.7 Å². The second kappa shape index (κ2) is 6.70. The molecule has 21 heavy (non-hydrogen) atoms. The van der Waals surface area contributed by atoms with Gasteiger partial charge in [0.1, 0.15) is 0 Å². The van der Waals surface area contributed by atoms with Crippen molar-refractivity contribution in [3.63, 3.8) is 0 Å². The van der Waals surface area contributed by atoms with Crippen LogP contribution in [-0.4, -0.2) is 26.0 Å². The maximum Gasteiger partial charge on any atom is 0.310 e. The predicted octanol–water partition coefficient (Wildman–Crippen LogP) is 1.73. The fraction of sp³-hybridized carbons (Fsp3) is 0.429. The Morgan fingerprint density at radius 2 is 2.00 bits per heavy atom. The summed E-state index contributed by atoms with van der Waals surface area (Å²) in [7, 11) is -3.84. The molecule has 0 bridgehead atoms. The van der Waals surface area contributed by atoms with E-state index in [1.54, 1.807) is 13.8 Å². The minimum absolute atomic E-state index is 0.0481. The van der Waals surface area contributed by atoms with E-state index in [0.717, 1.165) is 0 Å². The van der Waals surface area contributed by atoms with Crippen molar-refractivity contribution in [1.29, 1.82) is 5.26 Å². The molecule has 114 valence electrons. The fourth-order valence-corrected chi connectivity index (χ4v) is 3.10. The molecule has 0 saturated heterocycles.